The molecule has 1 amide bonds. The van der Waals surface area contributed by atoms with Gasteiger partial charge < -0.3 is 23.6 Å². The first-order chi connectivity index (χ1) is 17.9. The van der Waals surface area contributed by atoms with E-state index in [0.29, 0.717) is 28.8 Å². The number of nitrogens with one attached hydrogen (secondary N) is 2. The van der Waals surface area contributed by atoms with Gasteiger partial charge in [-0.1, -0.05) is 12.1 Å². The number of anilines is 1. The van der Waals surface area contributed by atoms with Crippen molar-refractivity contribution in [2.75, 3.05) is 26.6 Å². The number of methoxy groups -OCH3 is 3. The average Bonchev–Trinajstić information content (AvgIpc) is 3.51. The topological polar surface area (TPSA) is 98.6 Å². The number of aromatic nitrogens is 2. The Hall–Kier alpha value is -4.72. The molecular weight excluding hydrogens is 470 g/mol. The van der Waals surface area contributed by atoms with Crippen LogP contribution in [0.3, 0.4) is 0 Å². The normalized spacial score (nSPS) is 11.6. The molecule has 0 saturated carbocycles. The van der Waals surface area contributed by atoms with Crippen molar-refractivity contribution in [2.24, 2.45) is 0 Å². The average molecular weight is 498 g/mol. The van der Waals surface area contributed by atoms with Crippen molar-refractivity contribution in [2.45, 2.75) is 13.8 Å². The molecule has 0 aliphatic carbocycles. The number of imidazole rings is 1. The van der Waals surface area contributed by atoms with E-state index in [0.717, 1.165) is 44.2 Å². The number of fused-ring (bicyclic) bond motifs is 2. The largest absolute Gasteiger partial charge is 0.497 e. The second-order valence-electron chi connectivity index (χ2n) is 8.59. The summed E-state index contributed by atoms with van der Waals surface area (Å²) in [5, 5.41) is 3.68. The van der Waals surface area contributed by atoms with Crippen LogP contribution >= 0.6 is 0 Å². The van der Waals surface area contributed by atoms with Gasteiger partial charge in [0.05, 0.1) is 38.6 Å². The monoisotopic (exact) mass is 497 g/mol. The molecule has 8 heteroatoms. The molecule has 37 heavy (non-hydrogen) atoms. The molecule has 0 atom stereocenters. The van der Waals surface area contributed by atoms with Crippen molar-refractivity contribution in [3.05, 3.63) is 72.0 Å². The predicted octanol–water partition coefficient (Wildman–Crippen LogP) is 6.35. The van der Waals surface area contributed by atoms with E-state index in [-0.39, 0.29) is 5.91 Å². The number of rotatable bonds is 7. The van der Waals surface area contributed by atoms with Crippen molar-refractivity contribution in [1.29, 1.82) is 0 Å². The van der Waals surface area contributed by atoms with Crippen LogP contribution in [0.1, 0.15) is 18.1 Å². The minimum Gasteiger partial charge on any atom is -0.497 e. The third-order valence-electron chi connectivity index (χ3n) is 6.35. The molecule has 188 valence electrons. The molecule has 2 aromatic heterocycles. The molecule has 0 aliphatic heterocycles. The second kappa shape index (κ2) is 9.73. The zero-order valence-electron chi connectivity index (χ0n) is 21.3. The predicted molar refractivity (Wildman–Crippen MR) is 144 cm³/mol. The van der Waals surface area contributed by atoms with Crippen LogP contribution in [0.15, 0.2) is 65.3 Å². The molecule has 0 saturated heterocycles. The van der Waals surface area contributed by atoms with Crippen LogP contribution < -0.4 is 19.5 Å². The highest BCUT2D eigenvalue weighted by Crippen LogP contribution is 2.43. The number of aryl methyl sites for hydroxylation is 1. The minimum atomic E-state index is -0.307. The molecule has 8 nitrogen and oxygen atoms in total. The number of carbonyl (C=O) groups is 1. The highest BCUT2D eigenvalue weighted by atomic mass is 16.5. The number of carbonyl (C=O) groups excluding carboxylic acids is 1. The number of furan rings is 1. The zero-order chi connectivity index (χ0) is 26.1. The number of H-pyrrole nitrogens is 1. The van der Waals surface area contributed by atoms with Gasteiger partial charge in [-0.3, -0.25) is 10.1 Å². The van der Waals surface area contributed by atoms with E-state index >= 15 is 0 Å². The van der Waals surface area contributed by atoms with E-state index < -0.39 is 0 Å². The quantitative estimate of drug-likeness (QED) is 0.254. The number of para-hydroxylation sites is 2. The number of ether oxygens (including phenoxy) is 3. The Morgan fingerprint density at radius 1 is 1.03 bits per heavy atom. The fraction of sp³-hybridized carbons (Fsp3) is 0.172. The molecule has 0 fully saturated rings. The van der Waals surface area contributed by atoms with Gasteiger partial charge in [0, 0.05) is 33.7 Å². The molecule has 5 aromatic rings. The van der Waals surface area contributed by atoms with Crippen LogP contribution in [-0.2, 0) is 4.79 Å². The summed E-state index contributed by atoms with van der Waals surface area (Å²) in [7, 11) is 4.85. The van der Waals surface area contributed by atoms with Gasteiger partial charge in [-0.05, 0) is 55.8 Å². The summed E-state index contributed by atoms with van der Waals surface area (Å²) in [4.78, 5) is 20.4. The van der Waals surface area contributed by atoms with Gasteiger partial charge in [0.2, 0.25) is 5.95 Å². The van der Waals surface area contributed by atoms with E-state index in [2.05, 4.69) is 15.3 Å². The van der Waals surface area contributed by atoms with Crippen LogP contribution in [-0.4, -0.2) is 37.2 Å². The van der Waals surface area contributed by atoms with Crippen molar-refractivity contribution in [3.8, 4) is 28.4 Å². The molecular formula is C29H27N3O5. The molecule has 0 spiro atoms. The Morgan fingerprint density at radius 3 is 2.57 bits per heavy atom. The maximum atomic E-state index is 12.9. The molecule has 0 bridgehead atoms. The van der Waals surface area contributed by atoms with Crippen LogP contribution in [0.5, 0.6) is 17.2 Å². The molecule has 2 N–H and O–H groups in total. The smallest absolute Gasteiger partial charge is 0.250 e. The zero-order valence-corrected chi connectivity index (χ0v) is 21.3. The van der Waals surface area contributed by atoms with E-state index in [1.54, 1.807) is 27.6 Å². The first kappa shape index (κ1) is 24.0. The number of benzene rings is 3. The molecule has 0 aliphatic rings. The summed E-state index contributed by atoms with van der Waals surface area (Å²) in [6, 6.07) is 15.2. The SMILES string of the molecule is COc1ccc(OC)c(-c2coc3c(C)c(OC)c(/C(C)=C/C(=O)Nc4nc5ccccc5[nH]4)cc23)c1. The lowest BCUT2D eigenvalue weighted by atomic mass is 9.96. The summed E-state index contributed by atoms with van der Waals surface area (Å²) in [5.74, 6) is 2.11. The third-order valence-corrected chi connectivity index (χ3v) is 6.35. The highest BCUT2D eigenvalue weighted by molar-refractivity contribution is 6.06. The first-order valence-electron chi connectivity index (χ1n) is 11.7. The lowest BCUT2D eigenvalue weighted by Gasteiger charge is -2.14. The Bertz CT molecular complexity index is 1630. The molecule has 0 radical (unpaired) electrons. The van der Waals surface area contributed by atoms with Crippen LogP contribution in [0.2, 0.25) is 0 Å². The summed E-state index contributed by atoms with van der Waals surface area (Å²) >= 11 is 0. The maximum absolute atomic E-state index is 12.9. The van der Waals surface area contributed by atoms with Crippen LogP contribution in [0, 0.1) is 6.92 Å². The highest BCUT2D eigenvalue weighted by Gasteiger charge is 2.21. The number of nitrogens with zero attached hydrogens (tertiary/aromatic N) is 1. The van der Waals surface area contributed by atoms with Crippen molar-refractivity contribution in [3.63, 3.8) is 0 Å². The van der Waals surface area contributed by atoms with Crippen molar-refractivity contribution < 1.29 is 23.4 Å². The van der Waals surface area contributed by atoms with Gasteiger partial charge in [-0.25, -0.2) is 4.98 Å². The fourth-order valence-electron chi connectivity index (χ4n) is 4.54. The maximum Gasteiger partial charge on any atom is 0.250 e. The number of hydrogen-bond acceptors (Lipinski definition) is 6. The van der Waals surface area contributed by atoms with Gasteiger partial charge in [-0.15, -0.1) is 0 Å². The molecule has 0 unspecified atom stereocenters. The van der Waals surface area contributed by atoms with Crippen LogP contribution in [0.25, 0.3) is 38.7 Å². The number of amides is 1. The Labute approximate surface area is 213 Å². The minimum absolute atomic E-state index is 0.307. The summed E-state index contributed by atoms with van der Waals surface area (Å²) < 4.78 is 22.8. The van der Waals surface area contributed by atoms with Gasteiger partial charge in [0.25, 0.3) is 5.91 Å². The van der Waals surface area contributed by atoms with Gasteiger partial charge >= 0.3 is 0 Å². The standard InChI is InChI=1S/C29H27N3O5/c1-16(12-26(33)32-29-30-23-8-6-7-9-24(23)31-29)19-14-21-22(15-37-28(21)17(2)27(19)36-5)20-13-18(34-3)10-11-25(20)35-4/h6-15H,1-5H3,(H2,30,31,32,33)/b16-12+. The van der Waals surface area contributed by atoms with Gasteiger partial charge in [-0.2, -0.15) is 0 Å². The van der Waals surface area contributed by atoms with Crippen molar-refractivity contribution in [1.82, 2.24) is 9.97 Å². The lowest BCUT2D eigenvalue weighted by Crippen LogP contribution is -2.10. The lowest BCUT2D eigenvalue weighted by molar-refractivity contribution is -0.111. The number of allylic oxidation sites excluding steroid dienone is 1. The summed E-state index contributed by atoms with van der Waals surface area (Å²) in [5.41, 5.74) is 6.33. The van der Waals surface area contributed by atoms with Gasteiger partial charge in [0.1, 0.15) is 22.8 Å². The summed E-state index contributed by atoms with van der Waals surface area (Å²) in [6.45, 7) is 3.80. The van der Waals surface area contributed by atoms with Crippen molar-refractivity contribution >= 4 is 39.4 Å². The van der Waals surface area contributed by atoms with Crippen LogP contribution in [0.4, 0.5) is 5.95 Å². The Kier molecular flexibility index (Phi) is 6.31. The number of aromatic amines is 1. The molecule has 5 rings (SSSR count). The third kappa shape index (κ3) is 4.38. The summed E-state index contributed by atoms with van der Waals surface area (Å²) in [6.07, 6.45) is 3.23. The van der Waals surface area contributed by atoms with E-state index in [9.17, 15) is 4.79 Å². The Balaban J connectivity index is 1.56. The number of hydrogen-bond donors (Lipinski definition) is 2. The molecule has 2 heterocycles. The van der Waals surface area contributed by atoms with Gasteiger partial charge in [0.15, 0.2) is 0 Å². The van der Waals surface area contributed by atoms with E-state index in [1.165, 1.54) is 6.08 Å². The fourth-order valence-corrected chi connectivity index (χ4v) is 4.54. The Morgan fingerprint density at radius 2 is 1.84 bits per heavy atom. The second-order valence-corrected chi connectivity index (χ2v) is 8.59. The van der Waals surface area contributed by atoms with E-state index in [1.807, 2.05) is 62.4 Å². The first-order valence-corrected chi connectivity index (χ1v) is 11.7. The molecule has 3 aromatic carbocycles. The van der Waals surface area contributed by atoms with E-state index in [4.69, 9.17) is 18.6 Å².